The van der Waals surface area contributed by atoms with E-state index < -0.39 is 0 Å². The molecule has 1 saturated heterocycles. The van der Waals surface area contributed by atoms with Crippen LogP contribution in [0.1, 0.15) is 18.9 Å². The Bertz CT molecular complexity index is 696. The van der Waals surface area contributed by atoms with Crippen LogP contribution in [0.2, 0.25) is 0 Å². The van der Waals surface area contributed by atoms with Crippen LogP contribution in [-0.4, -0.2) is 45.8 Å². The highest BCUT2D eigenvalue weighted by molar-refractivity contribution is 5.88. The van der Waals surface area contributed by atoms with Gasteiger partial charge in [-0.1, -0.05) is 19.1 Å². The van der Waals surface area contributed by atoms with E-state index in [0.29, 0.717) is 26.1 Å². The van der Waals surface area contributed by atoms with Crippen molar-refractivity contribution in [2.45, 2.75) is 25.9 Å². The summed E-state index contributed by atoms with van der Waals surface area (Å²) in [4.78, 5) is 25.8. The van der Waals surface area contributed by atoms with Crippen LogP contribution in [0.15, 0.2) is 42.7 Å². The Hall–Kier alpha value is -2.83. The highest BCUT2D eigenvalue weighted by Gasteiger charge is 2.31. The summed E-state index contributed by atoms with van der Waals surface area (Å²) in [6, 6.07) is 9.10. The maximum absolute atomic E-state index is 12.4. The molecule has 1 aliphatic heterocycles. The second-order valence-electron chi connectivity index (χ2n) is 5.68. The summed E-state index contributed by atoms with van der Waals surface area (Å²) in [6.07, 6.45) is 4.22. The second kappa shape index (κ2) is 7.16. The van der Waals surface area contributed by atoms with E-state index in [1.807, 2.05) is 43.5 Å². The van der Waals surface area contributed by atoms with Crippen molar-refractivity contribution in [3.8, 4) is 5.69 Å². The lowest BCUT2D eigenvalue weighted by atomic mass is 10.1. The molecule has 2 N–H and O–H groups in total. The molecule has 0 radical (unpaired) electrons. The molecule has 1 aliphatic rings. The number of urea groups is 1. The molecular formula is C17H21N5O2. The number of nitrogens with one attached hydrogen (secondary N) is 2. The summed E-state index contributed by atoms with van der Waals surface area (Å²) in [7, 11) is 0. The SMILES string of the molecule is CC[C@H]1C(=O)NCCN1C(=O)NCc1ccc(-n2cccn2)cc1. The first-order chi connectivity index (χ1) is 11.7. The third kappa shape index (κ3) is 3.40. The van der Waals surface area contributed by atoms with Crippen LogP contribution in [0.25, 0.3) is 5.69 Å². The van der Waals surface area contributed by atoms with Crippen molar-refractivity contribution in [2.75, 3.05) is 13.1 Å². The Morgan fingerprint density at radius 3 is 2.83 bits per heavy atom. The third-order valence-electron chi connectivity index (χ3n) is 4.13. The van der Waals surface area contributed by atoms with Crippen molar-refractivity contribution in [3.05, 3.63) is 48.3 Å². The molecule has 24 heavy (non-hydrogen) atoms. The zero-order valence-electron chi connectivity index (χ0n) is 13.6. The number of piperazine rings is 1. The van der Waals surface area contributed by atoms with Gasteiger partial charge in [-0.3, -0.25) is 4.79 Å². The van der Waals surface area contributed by atoms with E-state index in [4.69, 9.17) is 0 Å². The van der Waals surface area contributed by atoms with E-state index in [0.717, 1.165) is 11.3 Å². The molecule has 0 unspecified atom stereocenters. The molecule has 1 aromatic carbocycles. The van der Waals surface area contributed by atoms with Crippen molar-refractivity contribution in [2.24, 2.45) is 0 Å². The maximum Gasteiger partial charge on any atom is 0.318 e. The molecule has 0 aliphatic carbocycles. The molecule has 7 heteroatoms. The van der Waals surface area contributed by atoms with E-state index in [1.165, 1.54) is 0 Å². The lowest BCUT2D eigenvalue weighted by molar-refractivity contribution is -0.127. The van der Waals surface area contributed by atoms with Crippen molar-refractivity contribution in [3.63, 3.8) is 0 Å². The summed E-state index contributed by atoms with van der Waals surface area (Å²) in [6.45, 7) is 3.37. The Morgan fingerprint density at radius 2 is 2.17 bits per heavy atom. The first-order valence-corrected chi connectivity index (χ1v) is 8.10. The minimum Gasteiger partial charge on any atom is -0.353 e. The Morgan fingerprint density at radius 1 is 1.38 bits per heavy atom. The van der Waals surface area contributed by atoms with Gasteiger partial charge < -0.3 is 15.5 Å². The predicted molar refractivity (Wildman–Crippen MR) is 89.6 cm³/mol. The highest BCUT2D eigenvalue weighted by atomic mass is 16.2. The zero-order valence-corrected chi connectivity index (χ0v) is 13.6. The maximum atomic E-state index is 12.4. The number of amides is 3. The van der Waals surface area contributed by atoms with Crippen LogP contribution in [0.4, 0.5) is 4.79 Å². The van der Waals surface area contributed by atoms with Gasteiger partial charge in [0.25, 0.3) is 0 Å². The molecule has 3 rings (SSSR count). The average Bonchev–Trinajstić information content (AvgIpc) is 3.14. The van der Waals surface area contributed by atoms with Crippen LogP contribution >= 0.6 is 0 Å². The zero-order chi connectivity index (χ0) is 16.9. The van der Waals surface area contributed by atoms with Gasteiger partial charge in [-0.2, -0.15) is 5.10 Å². The number of benzene rings is 1. The molecule has 0 bridgehead atoms. The summed E-state index contributed by atoms with van der Waals surface area (Å²) >= 11 is 0. The molecule has 1 fully saturated rings. The van der Waals surface area contributed by atoms with Gasteiger partial charge in [-0.25, -0.2) is 9.48 Å². The van der Waals surface area contributed by atoms with Crippen molar-refractivity contribution in [1.82, 2.24) is 25.3 Å². The van der Waals surface area contributed by atoms with Crippen LogP contribution in [0, 0.1) is 0 Å². The van der Waals surface area contributed by atoms with Crippen molar-refractivity contribution >= 4 is 11.9 Å². The fourth-order valence-electron chi connectivity index (χ4n) is 2.83. The van der Waals surface area contributed by atoms with E-state index >= 15 is 0 Å². The van der Waals surface area contributed by atoms with Gasteiger partial charge in [0.05, 0.1) is 5.69 Å². The second-order valence-corrected chi connectivity index (χ2v) is 5.68. The van der Waals surface area contributed by atoms with Crippen LogP contribution in [0.5, 0.6) is 0 Å². The van der Waals surface area contributed by atoms with Gasteiger partial charge in [0.2, 0.25) is 5.91 Å². The molecule has 126 valence electrons. The third-order valence-corrected chi connectivity index (χ3v) is 4.13. The quantitative estimate of drug-likeness (QED) is 0.888. The van der Waals surface area contributed by atoms with E-state index in [2.05, 4.69) is 15.7 Å². The summed E-state index contributed by atoms with van der Waals surface area (Å²) in [5, 5.41) is 9.86. The van der Waals surface area contributed by atoms with Crippen molar-refractivity contribution < 1.29 is 9.59 Å². The minimum atomic E-state index is -0.388. The molecule has 2 heterocycles. The summed E-state index contributed by atoms with van der Waals surface area (Å²) < 4.78 is 1.78. The van der Waals surface area contributed by atoms with Crippen LogP contribution < -0.4 is 10.6 Å². The van der Waals surface area contributed by atoms with Gasteiger partial charge in [0.15, 0.2) is 0 Å². The van der Waals surface area contributed by atoms with Gasteiger partial charge in [-0.05, 0) is 30.2 Å². The van der Waals surface area contributed by atoms with E-state index in [9.17, 15) is 9.59 Å². The molecule has 1 aromatic heterocycles. The average molecular weight is 327 g/mol. The van der Waals surface area contributed by atoms with Gasteiger partial charge in [-0.15, -0.1) is 0 Å². The molecule has 3 amide bonds. The molecule has 0 spiro atoms. The molecular weight excluding hydrogens is 306 g/mol. The standard InChI is InChI=1S/C17H21N5O2/c1-2-15-16(23)18-9-11-21(15)17(24)19-12-13-4-6-14(7-5-13)22-10-3-8-20-22/h3-8,10,15H,2,9,11-12H2,1H3,(H,18,23)(H,19,24)/t15-/m0/s1. The fraction of sp³-hybridized carbons (Fsp3) is 0.353. The van der Waals surface area contributed by atoms with Crippen molar-refractivity contribution in [1.29, 1.82) is 0 Å². The summed E-state index contributed by atoms with van der Waals surface area (Å²) in [5.41, 5.74) is 1.96. The number of nitrogens with zero attached hydrogens (tertiary/aromatic N) is 3. The minimum absolute atomic E-state index is 0.0810. The fourth-order valence-corrected chi connectivity index (χ4v) is 2.83. The topological polar surface area (TPSA) is 79.3 Å². The molecule has 2 aromatic rings. The molecule has 7 nitrogen and oxygen atoms in total. The number of rotatable bonds is 4. The largest absolute Gasteiger partial charge is 0.353 e. The number of carbonyl (C=O) groups excluding carboxylic acids is 2. The predicted octanol–water partition coefficient (Wildman–Crippen LogP) is 1.29. The van der Waals surface area contributed by atoms with Crippen LogP contribution in [-0.2, 0) is 11.3 Å². The number of hydrogen-bond donors (Lipinski definition) is 2. The number of hydrogen-bond acceptors (Lipinski definition) is 3. The molecule has 1 atom stereocenters. The first kappa shape index (κ1) is 16.0. The lowest BCUT2D eigenvalue weighted by Crippen LogP contribution is -2.59. The Labute approximate surface area is 140 Å². The Balaban J connectivity index is 1.59. The van der Waals surface area contributed by atoms with Gasteiger partial charge >= 0.3 is 6.03 Å². The normalized spacial score (nSPS) is 17.5. The van der Waals surface area contributed by atoms with Crippen LogP contribution in [0.3, 0.4) is 0 Å². The van der Waals surface area contributed by atoms with Gasteiger partial charge in [0.1, 0.15) is 6.04 Å². The number of aromatic nitrogens is 2. The Kier molecular flexibility index (Phi) is 4.79. The van der Waals surface area contributed by atoms with E-state index in [1.54, 1.807) is 15.8 Å². The lowest BCUT2D eigenvalue weighted by Gasteiger charge is -2.34. The highest BCUT2D eigenvalue weighted by Crippen LogP contribution is 2.11. The smallest absolute Gasteiger partial charge is 0.318 e. The number of carbonyl (C=O) groups is 2. The van der Waals surface area contributed by atoms with Gasteiger partial charge in [0, 0.05) is 32.0 Å². The monoisotopic (exact) mass is 327 g/mol. The van der Waals surface area contributed by atoms with E-state index in [-0.39, 0.29) is 18.0 Å². The summed E-state index contributed by atoms with van der Waals surface area (Å²) in [5.74, 6) is -0.0810. The first-order valence-electron chi connectivity index (χ1n) is 8.10. The molecule has 0 saturated carbocycles.